The lowest BCUT2D eigenvalue weighted by Gasteiger charge is -2.09. The molecule has 2 aromatic heterocycles. The Hall–Kier alpha value is -3.62. The second-order valence-electron chi connectivity index (χ2n) is 7.14. The number of nitrogens with one attached hydrogen (secondary N) is 1. The lowest BCUT2D eigenvalue weighted by atomic mass is 10.2. The second kappa shape index (κ2) is 12.7. The Morgan fingerprint density at radius 2 is 2.09 bits per heavy atom. The lowest BCUT2D eigenvalue weighted by Crippen LogP contribution is -2.12. The Morgan fingerprint density at radius 3 is 2.77 bits per heavy atom. The van der Waals surface area contributed by atoms with E-state index in [9.17, 15) is 14.9 Å². The van der Waals surface area contributed by atoms with E-state index in [1.54, 1.807) is 19.9 Å². The number of carbonyl (C=O) groups excluding carboxylic acids is 2. The summed E-state index contributed by atoms with van der Waals surface area (Å²) in [6, 6.07) is 11.5. The van der Waals surface area contributed by atoms with E-state index in [1.807, 2.05) is 34.9 Å². The van der Waals surface area contributed by atoms with Crippen molar-refractivity contribution in [2.45, 2.75) is 38.6 Å². The molecule has 0 saturated carbocycles. The fourth-order valence-corrected chi connectivity index (χ4v) is 5.03. The number of para-hydroxylation sites is 1. The Balaban J connectivity index is 1.59. The fourth-order valence-electron chi connectivity index (χ4n) is 3.06. The van der Waals surface area contributed by atoms with E-state index >= 15 is 0 Å². The molecule has 0 aliphatic rings. The van der Waals surface area contributed by atoms with Gasteiger partial charge >= 0.3 is 5.97 Å². The van der Waals surface area contributed by atoms with Gasteiger partial charge in [-0.05, 0) is 31.5 Å². The van der Waals surface area contributed by atoms with Crippen LogP contribution in [-0.2, 0) is 22.7 Å². The zero-order valence-electron chi connectivity index (χ0n) is 19.4. The summed E-state index contributed by atoms with van der Waals surface area (Å²) in [6.07, 6.45) is 1.92. The molecule has 0 spiro atoms. The maximum Gasteiger partial charge on any atom is 0.348 e. The molecule has 3 rings (SSSR count). The van der Waals surface area contributed by atoms with Gasteiger partial charge in [0.25, 0.3) is 0 Å². The number of thiophene rings is 1. The summed E-state index contributed by atoms with van der Waals surface area (Å²) in [4.78, 5) is 25.0. The summed E-state index contributed by atoms with van der Waals surface area (Å²) in [5.74, 6) is 1.06. The zero-order valence-corrected chi connectivity index (χ0v) is 21.1. The van der Waals surface area contributed by atoms with Gasteiger partial charge in [-0.3, -0.25) is 9.36 Å². The highest BCUT2D eigenvalue weighted by molar-refractivity contribution is 7.99. The second-order valence-corrected chi connectivity index (χ2v) is 9.22. The maximum atomic E-state index is 12.5. The third-order valence-electron chi connectivity index (χ3n) is 4.75. The van der Waals surface area contributed by atoms with Crippen LogP contribution in [-0.4, -0.2) is 39.0 Å². The van der Waals surface area contributed by atoms with Crippen molar-refractivity contribution in [2.75, 3.05) is 17.7 Å². The topological polar surface area (TPSA) is 119 Å². The molecule has 9 nitrogen and oxygen atoms in total. The lowest BCUT2D eigenvalue weighted by molar-refractivity contribution is -0.115. The molecule has 0 radical (unpaired) electrons. The number of benzene rings is 1. The molecule has 0 bridgehead atoms. The minimum Gasteiger partial charge on any atom is -0.486 e. The third-order valence-corrected chi connectivity index (χ3v) is 6.90. The molecule has 0 aliphatic carbocycles. The van der Waals surface area contributed by atoms with Crippen LogP contribution in [0.4, 0.5) is 5.00 Å². The predicted octanol–water partition coefficient (Wildman–Crippen LogP) is 4.58. The summed E-state index contributed by atoms with van der Waals surface area (Å²) in [6.45, 7) is 8.16. The molecule has 3 aromatic rings. The third kappa shape index (κ3) is 6.71. The van der Waals surface area contributed by atoms with Crippen LogP contribution in [0.15, 0.2) is 48.1 Å². The van der Waals surface area contributed by atoms with Gasteiger partial charge in [0.2, 0.25) is 5.91 Å². The molecule has 2 heterocycles. The van der Waals surface area contributed by atoms with Gasteiger partial charge in [0.1, 0.15) is 28.3 Å². The van der Waals surface area contributed by atoms with E-state index in [1.165, 1.54) is 11.8 Å². The van der Waals surface area contributed by atoms with Crippen molar-refractivity contribution >= 4 is 40.0 Å². The van der Waals surface area contributed by atoms with Crippen LogP contribution in [0, 0.1) is 18.3 Å². The Labute approximate surface area is 211 Å². The number of hydrogen-bond acceptors (Lipinski definition) is 9. The number of carbonyl (C=O) groups is 2. The molecule has 0 atom stereocenters. The van der Waals surface area contributed by atoms with Crippen LogP contribution >= 0.6 is 23.1 Å². The number of anilines is 1. The summed E-state index contributed by atoms with van der Waals surface area (Å²) in [5, 5.41) is 21.7. The molecule has 11 heteroatoms. The molecule has 1 N–H and O–H groups in total. The minimum atomic E-state index is -0.504. The SMILES string of the molecule is C=CCn1c(COc2ccccc2)nnc1SCCC(=O)Nc1sc(C(=O)OCC)c(C)c1C#N. The van der Waals surface area contributed by atoms with Crippen molar-refractivity contribution in [1.82, 2.24) is 14.8 Å². The molecule has 0 saturated heterocycles. The number of aromatic nitrogens is 3. The van der Waals surface area contributed by atoms with Crippen LogP contribution in [0.3, 0.4) is 0 Å². The quantitative estimate of drug-likeness (QED) is 0.213. The van der Waals surface area contributed by atoms with Crippen molar-refractivity contribution in [2.24, 2.45) is 0 Å². The number of nitrogens with zero attached hydrogens (tertiary/aromatic N) is 4. The van der Waals surface area contributed by atoms with E-state index in [2.05, 4.69) is 28.2 Å². The largest absolute Gasteiger partial charge is 0.486 e. The number of nitriles is 1. The maximum absolute atomic E-state index is 12.5. The van der Waals surface area contributed by atoms with Crippen molar-refractivity contribution in [3.05, 3.63) is 64.8 Å². The van der Waals surface area contributed by atoms with Crippen LogP contribution in [0.1, 0.15) is 40.0 Å². The van der Waals surface area contributed by atoms with Crippen molar-refractivity contribution in [3.8, 4) is 11.8 Å². The molecule has 182 valence electrons. The van der Waals surface area contributed by atoms with Crippen LogP contribution in [0.2, 0.25) is 0 Å². The van der Waals surface area contributed by atoms with E-state index in [-0.39, 0.29) is 31.1 Å². The molecule has 0 aliphatic heterocycles. The standard InChI is InChI=1S/C24H25N5O4S2/c1-4-12-29-19(15-33-17-9-7-6-8-10-17)27-28-24(29)34-13-11-20(30)26-22-18(14-25)16(3)21(35-22)23(31)32-5-2/h4,6-10H,1,5,11-13,15H2,2-3H3,(H,26,30). The summed E-state index contributed by atoms with van der Waals surface area (Å²) >= 11 is 2.43. The highest BCUT2D eigenvalue weighted by Gasteiger charge is 2.22. The molecule has 1 aromatic carbocycles. The average molecular weight is 512 g/mol. The van der Waals surface area contributed by atoms with Gasteiger partial charge in [0.05, 0.1) is 12.2 Å². The number of allylic oxidation sites excluding steroid dienone is 1. The number of hydrogen-bond donors (Lipinski definition) is 1. The minimum absolute atomic E-state index is 0.179. The molecule has 0 unspecified atom stereocenters. The summed E-state index contributed by atoms with van der Waals surface area (Å²) in [5.41, 5.74) is 0.774. The van der Waals surface area contributed by atoms with E-state index < -0.39 is 5.97 Å². The molecular weight excluding hydrogens is 486 g/mol. The number of ether oxygens (including phenoxy) is 2. The summed E-state index contributed by atoms with van der Waals surface area (Å²) in [7, 11) is 0. The van der Waals surface area contributed by atoms with Gasteiger partial charge in [-0.1, -0.05) is 36.0 Å². The van der Waals surface area contributed by atoms with Gasteiger partial charge < -0.3 is 14.8 Å². The van der Waals surface area contributed by atoms with E-state index in [0.29, 0.717) is 38.7 Å². The van der Waals surface area contributed by atoms with Gasteiger partial charge in [-0.25, -0.2) is 4.79 Å². The fraction of sp³-hybridized carbons (Fsp3) is 0.292. The first-order valence-electron chi connectivity index (χ1n) is 10.8. The monoisotopic (exact) mass is 511 g/mol. The number of thioether (sulfide) groups is 1. The van der Waals surface area contributed by atoms with Crippen molar-refractivity contribution < 1.29 is 19.1 Å². The Morgan fingerprint density at radius 1 is 1.31 bits per heavy atom. The molecule has 1 amide bonds. The first-order valence-corrected chi connectivity index (χ1v) is 12.6. The van der Waals surface area contributed by atoms with Gasteiger partial charge in [-0.15, -0.1) is 28.1 Å². The number of amides is 1. The number of rotatable bonds is 12. The number of esters is 1. The average Bonchev–Trinajstić information content (AvgIpc) is 3.38. The first-order chi connectivity index (χ1) is 17.0. The molecular formula is C24H25N5O4S2. The Kier molecular flexibility index (Phi) is 9.46. The van der Waals surface area contributed by atoms with Crippen LogP contribution in [0.25, 0.3) is 0 Å². The van der Waals surface area contributed by atoms with Crippen LogP contribution < -0.4 is 10.1 Å². The first kappa shape index (κ1) is 26.0. The van der Waals surface area contributed by atoms with Gasteiger partial charge in [0.15, 0.2) is 11.0 Å². The predicted molar refractivity (Wildman–Crippen MR) is 135 cm³/mol. The molecule has 35 heavy (non-hydrogen) atoms. The highest BCUT2D eigenvalue weighted by atomic mass is 32.2. The van der Waals surface area contributed by atoms with Gasteiger partial charge in [-0.2, -0.15) is 5.26 Å². The smallest absolute Gasteiger partial charge is 0.348 e. The Bertz CT molecular complexity index is 1230. The zero-order chi connectivity index (χ0) is 25.2. The van der Waals surface area contributed by atoms with Crippen molar-refractivity contribution in [1.29, 1.82) is 5.26 Å². The highest BCUT2D eigenvalue weighted by Crippen LogP contribution is 2.33. The van der Waals surface area contributed by atoms with E-state index in [0.717, 1.165) is 17.1 Å². The van der Waals surface area contributed by atoms with Crippen molar-refractivity contribution in [3.63, 3.8) is 0 Å². The summed E-state index contributed by atoms with van der Waals surface area (Å²) < 4.78 is 12.7. The normalized spacial score (nSPS) is 10.4. The van der Waals surface area contributed by atoms with E-state index in [4.69, 9.17) is 9.47 Å². The van der Waals surface area contributed by atoms with Gasteiger partial charge in [0, 0.05) is 18.7 Å². The molecule has 0 fully saturated rings. The van der Waals surface area contributed by atoms with Crippen LogP contribution in [0.5, 0.6) is 5.75 Å².